The molecule has 1 aliphatic rings. The van der Waals surface area contributed by atoms with Gasteiger partial charge in [0, 0.05) is 6.42 Å². The van der Waals surface area contributed by atoms with Crippen LogP contribution < -0.4 is 0 Å². The van der Waals surface area contributed by atoms with Crippen molar-refractivity contribution in [3.05, 3.63) is 54.3 Å². The topological polar surface area (TPSA) is 54.2 Å². The number of ether oxygens (including phenoxy) is 1. The van der Waals surface area contributed by atoms with Gasteiger partial charge in [0.15, 0.2) is 5.79 Å². The summed E-state index contributed by atoms with van der Waals surface area (Å²) in [6, 6.07) is 9.55. The molecule has 4 nitrogen and oxygen atoms in total. The van der Waals surface area contributed by atoms with E-state index in [1.165, 1.54) is 0 Å². The van der Waals surface area contributed by atoms with Crippen LogP contribution in [0.3, 0.4) is 0 Å². The van der Waals surface area contributed by atoms with E-state index in [1.54, 1.807) is 12.2 Å². The van der Waals surface area contributed by atoms with Crippen molar-refractivity contribution in [1.82, 2.24) is 0 Å². The number of benzene rings is 1. The predicted octanol–water partition coefficient (Wildman–Crippen LogP) is 4.12. The van der Waals surface area contributed by atoms with Gasteiger partial charge in [-0.05, 0) is 30.7 Å². The highest BCUT2D eigenvalue weighted by molar-refractivity contribution is 5.35. The van der Waals surface area contributed by atoms with Gasteiger partial charge in [0.2, 0.25) is 0 Å². The second-order valence-corrected chi connectivity index (χ2v) is 4.75. The number of nitrogens with zero attached hydrogens (tertiary/aromatic N) is 2. The molecule has 106 valence electrons. The summed E-state index contributed by atoms with van der Waals surface area (Å²) in [6.45, 7) is 2.65. The van der Waals surface area contributed by atoms with Crippen molar-refractivity contribution in [3.63, 3.8) is 0 Å². The van der Waals surface area contributed by atoms with Gasteiger partial charge < -0.3 is 9.84 Å². The van der Waals surface area contributed by atoms with E-state index < -0.39 is 5.79 Å². The van der Waals surface area contributed by atoms with Crippen molar-refractivity contribution in [1.29, 1.82) is 0 Å². The van der Waals surface area contributed by atoms with E-state index in [9.17, 15) is 5.11 Å². The molecule has 0 aliphatic heterocycles. The number of rotatable bonds is 6. The fourth-order valence-electron chi connectivity index (χ4n) is 1.79. The number of allylic oxidation sites excluding steroid dienone is 1. The zero-order valence-electron chi connectivity index (χ0n) is 11.7. The second-order valence-electron chi connectivity index (χ2n) is 4.75. The summed E-state index contributed by atoms with van der Waals surface area (Å²) >= 11 is 0. The third-order valence-corrected chi connectivity index (χ3v) is 3.01. The SMILES string of the molecule is CCCCOC1(O)C=CC(N=Nc2ccccc2)=CC1. The van der Waals surface area contributed by atoms with E-state index in [0.29, 0.717) is 13.0 Å². The minimum Gasteiger partial charge on any atom is -0.362 e. The lowest BCUT2D eigenvalue weighted by molar-refractivity contribution is -0.165. The van der Waals surface area contributed by atoms with Crippen molar-refractivity contribution in [2.75, 3.05) is 6.61 Å². The molecule has 0 saturated heterocycles. The largest absolute Gasteiger partial charge is 0.362 e. The smallest absolute Gasteiger partial charge is 0.189 e. The lowest BCUT2D eigenvalue weighted by atomic mass is 10.1. The van der Waals surface area contributed by atoms with Crippen molar-refractivity contribution in [2.24, 2.45) is 10.2 Å². The van der Waals surface area contributed by atoms with Crippen molar-refractivity contribution in [3.8, 4) is 0 Å². The Labute approximate surface area is 119 Å². The number of hydrogen-bond acceptors (Lipinski definition) is 4. The minimum absolute atomic E-state index is 0.399. The van der Waals surface area contributed by atoms with Crippen LogP contribution in [0.5, 0.6) is 0 Å². The highest BCUT2D eigenvalue weighted by Crippen LogP contribution is 2.24. The number of aliphatic hydroxyl groups is 1. The van der Waals surface area contributed by atoms with E-state index >= 15 is 0 Å². The van der Waals surface area contributed by atoms with Gasteiger partial charge in [-0.3, -0.25) is 0 Å². The molecular weight excluding hydrogens is 252 g/mol. The van der Waals surface area contributed by atoms with Gasteiger partial charge in [-0.25, -0.2) is 0 Å². The number of unbranched alkanes of at least 4 members (excludes halogenated alkanes) is 1. The first kappa shape index (κ1) is 14.6. The fraction of sp³-hybridized carbons (Fsp3) is 0.375. The van der Waals surface area contributed by atoms with Gasteiger partial charge in [-0.1, -0.05) is 37.6 Å². The molecule has 1 aromatic carbocycles. The monoisotopic (exact) mass is 272 g/mol. The molecule has 0 saturated carbocycles. The summed E-state index contributed by atoms with van der Waals surface area (Å²) < 4.78 is 5.47. The Morgan fingerprint density at radius 3 is 2.70 bits per heavy atom. The van der Waals surface area contributed by atoms with Crippen molar-refractivity contribution >= 4 is 5.69 Å². The predicted molar refractivity (Wildman–Crippen MR) is 78.6 cm³/mol. The lowest BCUT2D eigenvalue weighted by Crippen LogP contribution is -2.31. The molecule has 0 amide bonds. The van der Waals surface area contributed by atoms with E-state index in [1.807, 2.05) is 36.4 Å². The standard InChI is InChI=1S/C16H20N2O2/c1-2-3-13-20-16(19)11-9-15(10-12-16)18-17-14-7-5-4-6-8-14/h4-11,19H,2-3,12-13H2,1H3. The Kier molecular flexibility index (Phi) is 5.21. The van der Waals surface area contributed by atoms with E-state index in [4.69, 9.17) is 4.74 Å². The average Bonchev–Trinajstić information content (AvgIpc) is 2.48. The molecule has 20 heavy (non-hydrogen) atoms. The van der Waals surface area contributed by atoms with Gasteiger partial charge in [-0.15, -0.1) is 0 Å². The van der Waals surface area contributed by atoms with Crippen LogP contribution in [0.25, 0.3) is 0 Å². The highest BCUT2D eigenvalue weighted by atomic mass is 16.6. The molecule has 1 aromatic rings. The first-order valence-corrected chi connectivity index (χ1v) is 6.94. The molecular formula is C16H20N2O2. The van der Waals surface area contributed by atoms with Gasteiger partial charge in [0.1, 0.15) is 0 Å². The molecule has 0 radical (unpaired) electrons. The molecule has 1 N–H and O–H groups in total. The highest BCUT2D eigenvalue weighted by Gasteiger charge is 2.25. The van der Waals surface area contributed by atoms with Crippen LogP contribution in [0.15, 0.2) is 64.5 Å². The molecule has 1 aliphatic carbocycles. The number of hydrogen-bond donors (Lipinski definition) is 1. The molecule has 2 rings (SSSR count). The Hall–Kier alpha value is -1.78. The van der Waals surface area contributed by atoms with Crippen LogP contribution in [-0.4, -0.2) is 17.5 Å². The zero-order chi connectivity index (χ0) is 14.3. The van der Waals surface area contributed by atoms with Gasteiger partial charge >= 0.3 is 0 Å². The van der Waals surface area contributed by atoms with E-state index in [2.05, 4.69) is 17.2 Å². The zero-order valence-corrected chi connectivity index (χ0v) is 11.7. The van der Waals surface area contributed by atoms with Gasteiger partial charge in [0.05, 0.1) is 18.0 Å². The lowest BCUT2D eigenvalue weighted by Gasteiger charge is -2.25. The summed E-state index contributed by atoms with van der Waals surface area (Å²) in [5.41, 5.74) is 1.54. The summed E-state index contributed by atoms with van der Waals surface area (Å²) in [7, 11) is 0. The Bertz CT molecular complexity index is 508. The Morgan fingerprint density at radius 2 is 2.05 bits per heavy atom. The minimum atomic E-state index is -1.19. The Morgan fingerprint density at radius 1 is 1.25 bits per heavy atom. The maximum atomic E-state index is 10.2. The maximum absolute atomic E-state index is 10.2. The maximum Gasteiger partial charge on any atom is 0.189 e. The third-order valence-electron chi connectivity index (χ3n) is 3.01. The Balaban J connectivity index is 1.90. The van der Waals surface area contributed by atoms with Gasteiger partial charge in [0.25, 0.3) is 0 Å². The summed E-state index contributed by atoms with van der Waals surface area (Å²) in [5, 5.41) is 18.5. The van der Waals surface area contributed by atoms with Crippen LogP contribution in [0.4, 0.5) is 5.69 Å². The first-order valence-electron chi connectivity index (χ1n) is 6.94. The number of azo groups is 1. The molecule has 1 atom stereocenters. The van der Waals surface area contributed by atoms with Gasteiger partial charge in [-0.2, -0.15) is 10.2 Å². The van der Waals surface area contributed by atoms with Crippen molar-refractivity contribution < 1.29 is 9.84 Å². The summed E-state index contributed by atoms with van der Waals surface area (Å²) in [4.78, 5) is 0. The molecule has 1 unspecified atom stereocenters. The normalized spacial score (nSPS) is 22.2. The quantitative estimate of drug-likeness (QED) is 0.481. The van der Waals surface area contributed by atoms with Crippen LogP contribution in [0.1, 0.15) is 26.2 Å². The molecule has 0 aromatic heterocycles. The molecule has 0 bridgehead atoms. The average molecular weight is 272 g/mol. The second kappa shape index (κ2) is 7.12. The molecule has 0 spiro atoms. The first-order chi connectivity index (χ1) is 9.72. The van der Waals surface area contributed by atoms with Crippen LogP contribution in [0.2, 0.25) is 0 Å². The van der Waals surface area contributed by atoms with E-state index in [0.717, 1.165) is 24.2 Å². The molecule has 0 heterocycles. The van der Waals surface area contributed by atoms with E-state index in [-0.39, 0.29) is 0 Å². The van der Waals surface area contributed by atoms with Crippen LogP contribution in [0, 0.1) is 0 Å². The molecule has 4 heteroatoms. The fourth-order valence-corrected chi connectivity index (χ4v) is 1.79. The molecule has 0 fully saturated rings. The third kappa shape index (κ3) is 4.40. The summed E-state index contributed by atoms with van der Waals surface area (Å²) in [6.07, 6.45) is 7.60. The van der Waals surface area contributed by atoms with Crippen LogP contribution in [-0.2, 0) is 4.74 Å². The summed E-state index contributed by atoms with van der Waals surface area (Å²) in [5.74, 6) is -1.19. The van der Waals surface area contributed by atoms with Crippen molar-refractivity contribution in [2.45, 2.75) is 32.0 Å². The van der Waals surface area contributed by atoms with Crippen LogP contribution >= 0.6 is 0 Å².